The van der Waals surface area contributed by atoms with Crippen LogP contribution in [0.1, 0.15) is 107 Å². The lowest BCUT2D eigenvalue weighted by atomic mass is 9.88. The highest BCUT2D eigenvalue weighted by Crippen LogP contribution is 2.89. The van der Waals surface area contributed by atoms with Crippen LogP contribution in [0.2, 0.25) is 6.04 Å². The van der Waals surface area contributed by atoms with E-state index in [4.69, 9.17) is 39.8 Å². The molecule has 1 rings (SSSR count). The molecule has 0 radical (unpaired) electrons. The maximum atomic E-state index is 6.14. The monoisotopic (exact) mass is 1050 g/mol. The van der Waals surface area contributed by atoms with Gasteiger partial charge in [-0.15, -0.1) is 0 Å². The molecule has 0 aliphatic heterocycles. The van der Waals surface area contributed by atoms with E-state index in [0.29, 0.717) is 59.5 Å². The zero-order valence-electron chi connectivity index (χ0n) is 34.5. The largest absolute Gasteiger partial charge is 0.512 e. The molecule has 24 heteroatoms. The van der Waals surface area contributed by atoms with Crippen LogP contribution in [0.3, 0.4) is 0 Å². The first-order chi connectivity index (χ1) is 26.7. The molecule has 1 fully saturated rings. The third kappa shape index (κ3) is 25.5. The van der Waals surface area contributed by atoms with Crippen molar-refractivity contribution in [2.24, 2.45) is 5.92 Å². The van der Waals surface area contributed by atoms with Crippen LogP contribution in [0, 0.1) is 5.92 Å². The summed E-state index contributed by atoms with van der Waals surface area (Å²) in [5, 5.41) is 1.47. The van der Waals surface area contributed by atoms with Gasteiger partial charge in [-0.3, -0.25) is 0 Å². The third-order valence-corrected chi connectivity index (χ3v) is 56.1. The maximum Gasteiger partial charge on any atom is 0.512 e. The van der Waals surface area contributed by atoms with Crippen molar-refractivity contribution in [3.63, 3.8) is 0 Å². The fraction of sp³-hybridized carbons (Fsp3) is 1.00. The lowest BCUT2D eigenvalue weighted by Crippen LogP contribution is -2.49. The zero-order valence-corrected chi connectivity index (χ0v) is 47.3. The second kappa shape index (κ2) is 36.8. The summed E-state index contributed by atoms with van der Waals surface area (Å²) in [5.74, 6) is 3.08. The van der Waals surface area contributed by atoms with Gasteiger partial charge in [0.05, 0.1) is 10.8 Å². The third-order valence-electron chi connectivity index (χ3n) is 7.56. The second-order valence-electron chi connectivity index (χ2n) is 11.5. The van der Waals surface area contributed by atoms with Crippen LogP contribution in [-0.4, -0.2) is 108 Å². The quantitative estimate of drug-likeness (QED) is 0.0331. The Bertz CT molecular complexity index is 815. The average Bonchev–Trinajstić information content (AvgIpc) is 3.16. The van der Waals surface area contributed by atoms with E-state index >= 15 is 0 Å². The minimum Gasteiger partial charge on any atom is -0.374 e. The van der Waals surface area contributed by atoms with E-state index in [0.717, 1.165) is 34.9 Å². The van der Waals surface area contributed by atoms with E-state index in [-0.39, 0.29) is 0 Å². The Labute approximate surface area is 381 Å². The van der Waals surface area contributed by atoms with E-state index in [2.05, 4.69) is 29.5 Å². The Morgan fingerprint density at radius 2 is 0.836 bits per heavy atom. The van der Waals surface area contributed by atoms with Gasteiger partial charge < -0.3 is 39.8 Å². The lowest BCUT2D eigenvalue weighted by Gasteiger charge is -2.36. The van der Waals surface area contributed by atoms with Crippen molar-refractivity contribution in [3.05, 3.63) is 0 Å². The van der Waals surface area contributed by atoms with Crippen molar-refractivity contribution in [1.29, 1.82) is 0 Å². The molecule has 0 atom stereocenters. The summed E-state index contributed by atoms with van der Waals surface area (Å²) in [4.78, 5) is 0. The van der Waals surface area contributed by atoms with Gasteiger partial charge in [0.2, 0.25) is 0 Å². The summed E-state index contributed by atoms with van der Waals surface area (Å²) < 4.78 is 55.2. The molecule has 0 saturated heterocycles. The molecule has 55 heavy (non-hydrogen) atoms. The van der Waals surface area contributed by atoms with Crippen LogP contribution in [0.25, 0.3) is 0 Å². The van der Waals surface area contributed by atoms with E-state index in [1.165, 1.54) is 44.3 Å². The lowest BCUT2D eigenvalue weighted by molar-refractivity contribution is 0.0710. The molecule has 0 amide bonds. The van der Waals surface area contributed by atoms with Gasteiger partial charge in [-0.25, -0.2) is 0 Å². The van der Waals surface area contributed by atoms with Gasteiger partial charge in [0.1, 0.15) is 0 Å². The van der Waals surface area contributed by atoms with Crippen LogP contribution >= 0.6 is 118 Å². The molecule has 1 aliphatic rings. The normalized spacial score (nSPS) is 15.3. The van der Waals surface area contributed by atoms with Crippen LogP contribution in [0.15, 0.2) is 0 Å². The van der Waals surface area contributed by atoms with Crippen molar-refractivity contribution in [3.8, 4) is 0 Å². The molecule has 1 saturated carbocycles. The highest BCUT2D eigenvalue weighted by Gasteiger charge is 2.43. The molecule has 0 aromatic heterocycles. The minimum absolute atomic E-state index is 0.595. The van der Waals surface area contributed by atoms with Gasteiger partial charge in [-0.05, 0) is 160 Å². The fourth-order valence-corrected chi connectivity index (χ4v) is 66.4. The molecule has 0 unspecified atom stereocenters. The Morgan fingerprint density at radius 1 is 0.455 bits per heavy atom. The standard InChI is InChI=1S/C31H70O9S12Si3/c1-10-32-53(33-11-2,34-12-3)28-22-26-41-46-49-52(27-25-31-23-20-19-21-24-31,50-47-44-42-29-54(35-13-4,36-14-5)37-15-6)51-48-45-43-30-55(38-16-7,39-17-8)40-18-9/h31H,10-30H2,1-9H3. The molecule has 0 bridgehead atoms. The molecule has 9 nitrogen and oxygen atoms in total. The van der Waals surface area contributed by atoms with Crippen molar-refractivity contribution in [2.75, 3.05) is 81.7 Å². The predicted octanol–water partition coefficient (Wildman–Crippen LogP) is 14.5. The van der Waals surface area contributed by atoms with Crippen molar-refractivity contribution in [1.82, 2.24) is 0 Å². The summed E-state index contributed by atoms with van der Waals surface area (Å²) in [6.45, 7) is 23.6. The topological polar surface area (TPSA) is 83.1 Å². The number of rotatable bonds is 40. The molecular weight excluding hydrogens is 985 g/mol. The highest BCUT2D eigenvalue weighted by atomic mass is 34.2. The fourth-order valence-electron chi connectivity index (χ4n) is 5.53. The number of hydrogen-bond acceptors (Lipinski definition) is 20. The minimum atomic E-state index is -2.71. The molecular formula is C31H70O9S12Si3. The summed E-state index contributed by atoms with van der Waals surface area (Å²) in [6.07, 6.45) is 9.18. The predicted molar refractivity (Wildman–Crippen MR) is 273 cm³/mol. The van der Waals surface area contributed by atoms with E-state index in [1.807, 2.05) is 144 Å². The summed E-state index contributed by atoms with van der Waals surface area (Å²) in [6, 6.07) is 0.851. The van der Waals surface area contributed by atoms with Crippen LogP contribution in [0.4, 0.5) is 0 Å². The maximum absolute atomic E-state index is 6.14. The molecule has 0 aromatic carbocycles. The molecule has 0 N–H and O–H groups in total. The zero-order chi connectivity index (χ0) is 40.6. The summed E-state index contributed by atoms with van der Waals surface area (Å²) in [5.41, 5.74) is 0. The van der Waals surface area contributed by atoms with Gasteiger partial charge in [-0.1, -0.05) is 71.6 Å². The van der Waals surface area contributed by atoms with Gasteiger partial charge >= 0.3 is 26.4 Å². The van der Waals surface area contributed by atoms with E-state index < -0.39 is 33.5 Å². The highest BCUT2D eigenvalue weighted by molar-refractivity contribution is 9.74. The summed E-state index contributed by atoms with van der Waals surface area (Å²) >= 11 is 0. The van der Waals surface area contributed by atoms with Gasteiger partial charge in [0.15, 0.2) is 0 Å². The summed E-state index contributed by atoms with van der Waals surface area (Å²) in [7, 11) is 12.1. The Morgan fingerprint density at radius 3 is 1.24 bits per heavy atom. The Kier molecular flexibility index (Phi) is 38.5. The van der Waals surface area contributed by atoms with Crippen molar-refractivity contribution < 1.29 is 39.8 Å². The average molecular weight is 1060 g/mol. The first-order valence-electron chi connectivity index (χ1n) is 19.6. The molecule has 332 valence electrons. The van der Waals surface area contributed by atoms with E-state index in [1.54, 1.807) is 0 Å². The van der Waals surface area contributed by atoms with Gasteiger partial charge in [-0.2, -0.15) is 0 Å². The van der Waals surface area contributed by atoms with Crippen LogP contribution in [-0.2, 0) is 39.8 Å². The van der Waals surface area contributed by atoms with Crippen molar-refractivity contribution in [2.45, 2.75) is 113 Å². The molecule has 0 aromatic rings. The Hall–Kier alpha value is 4.49. The van der Waals surface area contributed by atoms with Crippen molar-refractivity contribution >= 4 is 145 Å². The molecule has 0 heterocycles. The van der Waals surface area contributed by atoms with Crippen LogP contribution < -0.4 is 0 Å². The second-order valence-corrected chi connectivity index (χ2v) is 46.9. The van der Waals surface area contributed by atoms with Crippen LogP contribution in [0.5, 0.6) is 0 Å². The van der Waals surface area contributed by atoms with E-state index in [9.17, 15) is 0 Å². The van der Waals surface area contributed by atoms with Gasteiger partial charge in [0, 0.05) is 77.0 Å². The first-order valence-corrected chi connectivity index (χ1v) is 42.3. The molecule has 0 spiro atoms. The molecule has 1 aliphatic carbocycles. The number of hydrogen-bond donors (Lipinski definition) is 0. The van der Waals surface area contributed by atoms with Gasteiger partial charge in [0.25, 0.3) is 0 Å². The Balaban J connectivity index is 3.10. The SMILES string of the molecule is CCO[Si](CCCSSSS(CCC1CCCCC1)(SSSSC[Si](OCC)(OCC)OCC)SSSSC[Si](OCC)(OCC)OCC)(OCC)OCC. The first kappa shape index (κ1) is 57.5. The smallest absolute Gasteiger partial charge is 0.374 e.